The summed E-state index contributed by atoms with van der Waals surface area (Å²) in [5, 5.41) is 5.20. The van der Waals surface area contributed by atoms with Gasteiger partial charge < -0.3 is 5.32 Å². The molecule has 0 bridgehead atoms. The molecule has 2 aliphatic rings. The van der Waals surface area contributed by atoms with Crippen LogP contribution in [0.4, 0.5) is 0 Å². The molecule has 0 aliphatic carbocycles. The summed E-state index contributed by atoms with van der Waals surface area (Å²) in [5.41, 5.74) is 2.16. The van der Waals surface area contributed by atoms with Crippen molar-refractivity contribution in [3.05, 3.63) is 93.2 Å². The van der Waals surface area contributed by atoms with Gasteiger partial charge in [0.25, 0.3) is 17.7 Å². The maximum Gasteiger partial charge on any atom is 0.261 e. The molecule has 6 nitrogen and oxygen atoms in total. The van der Waals surface area contributed by atoms with Crippen LogP contribution in [-0.2, 0) is 13.1 Å². The van der Waals surface area contributed by atoms with Gasteiger partial charge in [0.15, 0.2) is 0 Å². The van der Waals surface area contributed by atoms with Crippen molar-refractivity contribution in [1.29, 1.82) is 0 Å². The van der Waals surface area contributed by atoms with Crippen LogP contribution in [0.3, 0.4) is 0 Å². The molecule has 2 aliphatic heterocycles. The number of carbonyl (C=O) groups is 3. The lowest BCUT2D eigenvalue weighted by Crippen LogP contribution is -2.40. The van der Waals surface area contributed by atoms with E-state index in [1.165, 1.54) is 9.78 Å². The van der Waals surface area contributed by atoms with Crippen molar-refractivity contribution in [1.82, 2.24) is 15.1 Å². The second-order valence-electron chi connectivity index (χ2n) is 8.98. The number of imide groups is 1. The Balaban J connectivity index is 1.17. The lowest BCUT2D eigenvalue weighted by atomic mass is 9.97. The van der Waals surface area contributed by atoms with Crippen LogP contribution in [-0.4, -0.2) is 47.2 Å². The highest BCUT2D eigenvalue weighted by Gasteiger charge is 2.35. The average molecular weight is 474 g/mol. The molecule has 1 saturated heterocycles. The number of carbonyl (C=O) groups excluding carboxylic acids is 3. The van der Waals surface area contributed by atoms with E-state index in [0.717, 1.165) is 38.0 Å². The van der Waals surface area contributed by atoms with Crippen molar-refractivity contribution in [3.8, 4) is 0 Å². The minimum atomic E-state index is -0.292. The summed E-state index contributed by atoms with van der Waals surface area (Å²) >= 11 is 1.79. The van der Waals surface area contributed by atoms with E-state index in [0.29, 0.717) is 29.2 Å². The van der Waals surface area contributed by atoms with Gasteiger partial charge in [-0.15, -0.1) is 11.3 Å². The van der Waals surface area contributed by atoms with E-state index in [1.54, 1.807) is 53.8 Å². The molecule has 3 aromatic rings. The molecule has 1 fully saturated rings. The van der Waals surface area contributed by atoms with Crippen LogP contribution in [0.2, 0.25) is 0 Å². The third-order valence-electron chi connectivity index (χ3n) is 6.52. The third kappa shape index (κ3) is 4.81. The van der Waals surface area contributed by atoms with E-state index in [1.807, 2.05) is 6.07 Å². The highest BCUT2D eigenvalue weighted by molar-refractivity contribution is 7.09. The Morgan fingerprint density at radius 2 is 1.76 bits per heavy atom. The highest BCUT2D eigenvalue weighted by Crippen LogP contribution is 2.24. The van der Waals surface area contributed by atoms with Gasteiger partial charge in [-0.2, -0.15) is 0 Å². The molecule has 3 heterocycles. The first kappa shape index (κ1) is 22.5. The first-order valence-corrected chi connectivity index (χ1v) is 12.5. The number of nitrogens with one attached hydrogen (secondary N) is 1. The zero-order chi connectivity index (χ0) is 23.5. The molecular formula is C27H27N3O3S. The normalized spacial score (nSPS) is 18.2. The number of benzene rings is 2. The lowest BCUT2D eigenvalue weighted by molar-refractivity contribution is 0.0642. The molecule has 2 aromatic carbocycles. The number of fused-ring (bicyclic) bond motifs is 1. The third-order valence-corrected chi connectivity index (χ3v) is 7.38. The Morgan fingerprint density at radius 3 is 2.50 bits per heavy atom. The van der Waals surface area contributed by atoms with Crippen LogP contribution >= 0.6 is 11.3 Å². The number of likely N-dealkylation sites (tertiary alicyclic amines) is 1. The average Bonchev–Trinajstić information content (AvgIpc) is 3.46. The highest BCUT2D eigenvalue weighted by atomic mass is 32.1. The molecule has 34 heavy (non-hydrogen) atoms. The first-order chi connectivity index (χ1) is 16.6. The minimum absolute atomic E-state index is 0.125. The number of piperidine rings is 1. The van der Waals surface area contributed by atoms with Gasteiger partial charge in [0, 0.05) is 30.1 Å². The summed E-state index contributed by atoms with van der Waals surface area (Å²) in [5.74, 6) is -0.279. The van der Waals surface area contributed by atoms with E-state index in [9.17, 15) is 14.4 Å². The molecular weight excluding hydrogens is 446 g/mol. The van der Waals surface area contributed by atoms with Gasteiger partial charge in [-0.05, 0) is 66.6 Å². The Labute approximate surface area is 203 Å². The van der Waals surface area contributed by atoms with Crippen molar-refractivity contribution in [3.63, 3.8) is 0 Å². The van der Waals surface area contributed by atoms with Crippen molar-refractivity contribution in [2.45, 2.75) is 25.9 Å². The van der Waals surface area contributed by atoms with Gasteiger partial charge in [-0.25, -0.2) is 0 Å². The molecule has 7 heteroatoms. The zero-order valence-corrected chi connectivity index (χ0v) is 19.7. The summed E-state index contributed by atoms with van der Waals surface area (Å²) in [6.07, 6.45) is 2.25. The standard InChI is InChI=1S/C27H27N3O3S/c31-25(28-15-20-7-4-12-29(16-20)18-22-9-5-13-34-22)21-8-3-6-19(14-21)17-30-26(32)23-10-1-2-11-24(23)27(30)33/h1-3,5-6,8-11,13-14,20H,4,7,12,15-18H2,(H,28,31). The quantitative estimate of drug-likeness (QED) is 0.523. The monoisotopic (exact) mass is 473 g/mol. The molecule has 5 rings (SSSR count). The van der Waals surface area contributed by atoms with Crippen LogP contribution in [0.25, 0.3) is 0 Å². The van der Waals surface area contributed by atoms with Crippen LogP contribution < -0.4 is 5.32 Å². The van der Waals surface area contributed by atoms with Crippen molar-refractivity contribution < 1.29 is 14.4 Å². The molecule has 1 atom stereocenters. The van der Waals surface area contributed by atoms with E-state index < -0.39 is 0 Å². The maximum atomic E-state index is 12.9. The van der Waals surface area contributed by atoms with E-state index in [4.69, 9.17) is 0 Å². The fourth-order valence-electron chi connectivity index (χ4n) is 4.80. The Kier molecular flexibility index (Phi) is 6.56. The molecule has 3 amide bonds. The summed E-state index contributed by atoms with van der Waals surface area (Å²) in [6, 6.07) is 18.3. The van der Waals surface area contributed by atoms with Gasteiger partial charge >= 0.3 is 0 Å². The number of hydrogen-bond donors (Lipinski definition) is 1. The van der Waals surface area contributed by atoms with E-state index in [2.05, 4.69) is 27.7 Å². The summed E-state index contributed by atoms with van der Waals surface area (Å²) in [7, 11) is 0. The van der Waals surface area contributed by atoms with Crippen molar-refractivity contribution >= 4 is 29.1 Å². The van der Waals surface area contributed by atoms with Crippen LogP contribution in [0, 0.1) is 5.92 Å². The van der Waals surface area contributed by atoms with Gasteiger partial charge in [-0.3, -0.25) is 24.2 Å². The number of thiophene rings is 1. The smallest absolute Gasteiger partial charge is 0.261 e. The number of rotatable bonds is 7. The zero-order valence-electron chi connectivity index (χ0n) is 18.9. The molecule has 0 radical (unpaired) electrons. The number of hydrogen-bond acceptors (Lipinski definition) is 5. The fourth-order valence-corrected chi connectivity index (χ4v) is 5.55. The number of nitrogens with zero attached hydrogens (tertiary/aromatic N) is 2. The van der Waals surface area contributed by atoms with E-state index in [-0.39, 0.29) is 24.3 Å². The topological polar surface area (TPSA) is 69.7 Å². The molecule has 1 N–H and O–H groups in total. The predicted octanol–water partition coefficient (Wildman–Crippen LogP) is 4.19. The molecule has 174 valence electrons. The Bertz CT molecular complexity index is 1170. The molecule has 1 unspecified atom stereocenters. The predicted molar refractivity (Wildman–Crippen MR) is 132 cm³/mol. The minimum Gasteiger partial charge on any atom is -0.352 e. The largest absolute Gasteiger partial charge is 0.352 e. The maximum absolute atomic E-state index is 12.9. The number of amides is 3. The Hall–Kier alpha value is -3.29. The van der Waals surface area contributed by atoms with Gasteiger partial charge in [0.05, 0.1) is 17.7 Å². The van der Waals surface area contributed by atoms with Gasteiger partial charge in [0.2, 0.25) is 0 Å². The molecule has 0 spiro atoms. The molecule has 0 saturated carbocycles. The summed E-state index contributed by atoms with van der Waals surface area (Å²) in [6.45, 7) is 3.85. The summed E-state index contributed by atoms with van der Waals surface area (Å²) in [4.78, 5) is 43.2. The van der Waals surface area contributed by atoms with Crippen LogP contribution in [0.5, 0.6) is 0 Å². The second-order valence-corrected chi connectivity index (χ2v) is 10.0. The van der Waals surface area contributed by atoms with Crippen LogP contribution in [0.1, 0.15) is 54.4 Å². The first-order valence-electron chi connectivity index (χ1n) is 11.7. The van der Waals surface area contributed by atoms with Gasteiger partial charge in [-0.1, -0.05) is 30.3 Å². The molecule has 1 aromatic heterocycles. The van der Waals surface area contributed by atoms with Gasteiger partial charge in [0.1, 0.15) is 0 Å². The van der Waals surface area contributed by atoms with Crippen molar-refractivity contribution in [2.75, 3.05) is 19.6 Å². The van der Waals surface area contributed by atoms with Crippen LogP contribution in [0.15, 0.2) is 66.0 Å². The van der Waals surface area contributed by atoms with Crippen molar-refractivity contribution in [2.24, 2.45) is 5.92 Å². The van der Waals surface area contributed by atoms with E-state index >= 15 is 0 Å². The Morgan fingerprint density at radius 1 is 0.971 bits per heavy atom. The fraction of sp³-hybridized carbons (Fsp3) is 0.296. The second kappa shape index (κ2) is 9.91. The lowest BCUT2D eigenvalue weighted by Gasteiger charge is -2.32. The summed E-state index contributed by atoms with van der Waals surface area (Å²) < 4.78 is 0. The SMILES string of the molecule is O=C(NCC1CCCN(Cc2cccs2)C1)c1cccc(CN2C(=O)c3ccccc3C2=O)c1.